The van der Waals surface area contributed by atoms with Crippen LogP contribution in [-0.4, -0.2) is 0 Å². The highest BCUT2D eigenvalue weighted by atomic mass is 14.4. The molecule has 0 amide bonds. The van der Waals surface area contributed by atoms with Crippen molar-refractivity contribution in [1.29, 1.82) is 0 Å². The largest absolute Gasteiger partial charge is 0.0701 e. The molecule has 13 rings (SSSR count). The van der Waals surface area contributed by atoms with Gasteiger partial charge in [0.05, 0.1) is 16.2 Å². The van der Waals surface area contributed by atoms with Crippen molar-refractivity contribution in [2.75, 3.05) is 0 Å². The van der Waals surface area contributed by atoms with Gasteiger partial charge in [-0.15, -0.1) is 0 Å². The molecule has 0 saturated carbocycles. The third kappa shape index (κ3) is 10.9. The van der Waals surface area contributed by atoms with Gasteiger partial charge in [-0.05, 0) is 181 Å². The maximum atomic E-state index is 2.40. The quantitative estimate of drug-likeness (QED) is 0.0898. The van der Waals surface area contributed by atoms with Gasteiger partial charge in [-0.1, -0.05) is 341 Å². The molecular weight excluding hydrogens is 1080 g/mol. The van der Waals surface area contributed by atoms with Crippen LogP contribution in [0.25, 0.3) is 33.4 Å². The minimum atomic E-state index is -0.583. The van der Waals surface area contributed by atoms with Crippen molar-refractivity contribution in [3.05, 3.63) is 426 Å². The Bertz CT molecular complexity index is 3760. The van der Waals surface area contributed by atoms with Crippen molar-refractivity contribution >= 4 is 0 Å². The fraction of sp³-hybridized carbons (Fsp3) is 0.133. The highest BCUT2D eigenvalue weighted by Crippen LogP contribution is 2.50. The molecule has 0 fully saturated rings. The van der Waals surface area contributed by atoms with Gasteiger partial charge in [0.15, 0.2) is 0 Å². The molecule has 0 aliphatic rings. The average Bonchev–Trinajstić information content (AvgIpc) is 0.756. The molecule has 0 spiro atoms. The van der Waals surface area contributed by atoms with Gasteiger partial charge in [0.1, 0.15) is 0 Å². The van der Waals surface area contributed by atoms with Crippen LogP contribution >= 0.6 is 0 Å². The number of hydrogen-bond acceptors (Lipinski definition) is 0. The van der Waals surface area contributed by atoms with E-state index in [0.717, 1.165) is 33.4 Å². The maximum absolute atomic E-state index is 2.40. The lowest BCUT2D eigenvalue weighted by molar-refractivity contribution is 0.744. The van der Waals surface area contributed by atoms with Crippen LogP contribution in [0.1, 0.15) is 117 Å². The van der Waals surface area contributed by atoms with E-state index >= 15 is 0 Å². The molecule has 13 aromatic carbocycles. The Kier molecular flexibility index (Phi) is 16.0. The fourth-order valence-corrected chi connectivity index (χ4v) is 14.1. The van der Waals surface area contributed by atoms with Gasteiger partial charge in [0.2, 0.25) is 0 Å². The molecular formula is C90H78. The van der Waals surface area contributed by atoms with Crippen LogP contribution in [-0.2, 0) is 16.2 Å². The smallest absolute Gasteiger partial charge is 0.0590 e. The van der Waals surface area contributed by atoms with E-state index in [9.17, 15) is 0 Å². The van der Waals surface area contributed by atoms with E-state index < -0.39 is 16.2 Å². The summed E-state index contributed by atoms with van der Waals surface area (Å²) in [5.74, 6) is 0. The van der Waals surface area contributed by atoms with Crippen LogP contribution in [0, 0.1) is 62.3 Å². The molecule has 0 heterocycles. The summed E-state index contributed by atoms with van der Waals surface area (Å²) in [4.78, 5) is 0. The van der Waals surface area contributed by atoms with Crippen molar-refractivity contribution in [2.45, 2.75) is 78.6 Å². The van der Waals surface area contributed by atoms with E-state index in [0.29, 0.717) is 0 Å². The Morgan fingerprint density at radius 2 is 0.222 bits per heavy atom. The second-order valence-corrected chi connectivity index (χ2v) is 25.6. The summed E-state index contributed by atoms with van der Waals surface area (Å²) in [6.07, 6.45) is 0. The first-order valence-electron chi connectivity index (χ1n) is 31.8. The molecule has 0 bridgehead atoms. The molecule has 0 nitrogen and oxygen atoms in total. The molecule has 0 unspecified atom stereocenters. The highest BCUT2D eigenvalue weighted by molar-refractivity contribution is 5.82. The minimum absolute atomic E-state index is 0.583. The average molecular weight is 1160 g/mol. The zero-order valence-corrected chi connectivity index (χ0v) is 53.4. The number of rotatable bonds is 15. The van der Waals surface area contributed by atoms with E-state index in [1.807, 2.05) is 0 Å². The van der Waals surface area contributed by atoms with Crippen LogP contribution in [0.15, 0.2) is 309 Å². The van der Waals surface area contributed by atoms with E-state index in [-0.39, 0.29) is 0 Å². The fourth-order valence-electron chi connectivity index (χ4n) is 14.1. The Hall–Kier alpha value is -10.1. The third-order valence-corrected chi connectivity index (χ3v) is 19.2. The van der Waals surface area contributed by atoms with Gasteiger partial charge < -0.3 is 0 Å². The predicted molar refractivity (Wildman–Crippen MR) is 380 cm³/mol. The first kappa shape index (κ1) is 58.9. The summed E-state index contributed by atoms with van der Waals surface area (Å²) >= 11 is 0. The molecule has 0 saturated heterocycles. The molecule has 90 heavy (non-hydrogen) atoms. The topological polar surface area (TPSA) is 0 Å². The minimum Gasteiger partial charge on any atom is -0.0590 e. The molecule has 13 aromatic rings. The normalized spacial score (nSPS) is 11.8. The van der Waals surface area contributed by atoms with E-state index in [1.165, 1.54) is 117 Å². The summed E-state index contributed by atoms with van der Waals surface area (Å²) in [5.41, 5.74) is 31.0. The summed E-state index contributed by atoms with van der Waals surface area (Å²) in [7, 11) is 0. The number of benzene rings is 13. The first-order chi connectivity index (χ1) is 43.7. The summed E-state index contributed by atoms with van der Waals surface area (Å²) in [6, 6.07) is 118. The molecule has 438 valence electrons. The highest BCUT2D eigenvalue weighted by Gasteiger charge is 2.41. The second-order valence-electron chi connectivity index (χ2n) is 25.6. The lowest BCUT2D eigenvalue weighted by Gasteiger charge is -2.37. The Labute approximate surface area is 534 Å². The SMILES string of the molecule is Cc1ccc(C(c2ccc(C)cc2)(c2ccc(C)cc2)c2ccc(-c3cc(-c4ccc(C(c5ccc(C)cc5)(c5ccc(C)cc5)c5ccc(C)cc5)cc4)cc(-c4ccc(C(c5ccc(C)cc5)(c5ccc(C)cc5)c5ccc(C)cc5)cc4)c3)cc2)cc1. The van der Waals surface area contributed by atoms with Crippen LogP contribution in [0.4, 0.5) is 0 Å². The summed E-state index contributed by atoms with van der Waals surface area (Å²) in [5, 5.41) is 0. The zero-order valence-electron chi connectivity index (χ0n) is 53.4. The second kappa shape index (κ2) is 24.4. The van der Waals surface area contributed by atoms with Gasteiger partial charge in [0.25, 0.3) is 0 Å². The molecule has 0 aliphatic carbocycles. The van der Waals surface area contributed by atoms with Crippen molar-refractivity contribution in [1.82, 2.24) is 0 Å². The maximum Gasteiger partial charge on any atom is 0.0701 e. The van der Waals surface area contributed by atoms with Gasteiger partial charge in [-0.25, -0.2) is 0 Å². The van der Waals surface area contributed by atoms with Gasteiger partial charge in [-0.3, -0.25) is 0 Å². The number of aryl methyl sites for hydroxylation is 9. The molecule has 0 aromatic heterocycles. The zero-order chi connectivity index (χ0) is 62.2. The lowest BCUT2D eigenvalue weighted by atomic mass is 9.64. The number of hydrogen-bond donors (Lipinski definition) is 0. The van der Waals surface area contributed by atoms with E-state index in [1.54, 1.807) is 0 Å². The third-order valence-electron chi connectivity index (χ3n) is 19.2. The van der Waals surface area contributed by atoms with Crippen molar-refractivity contribution in [3.63, 3.8) is 0 Å². The van der Waals surface area contributed by atoms with Gasteiger partial charge in [-0.2, -0.15) is 0 Å². The van der Waals surface area contributed by atoms with E-state index in [2.05, 4.69) is 372 Å². The lowest BCUT2D eigenvalue weighted by Crippen LogP contribution is -2.31. The van der Waals surface area contributed by atoms with Crippen LogP contribution in [0.2, 0.25) is 0 Å². The molecule has 0 aliphatic heterocycles. The van der Waals surface area contributed by atoms with Gasteiger partial charge in [0, 0.05) is 0 Å². The molecule has 0 radical (unpaired) electrons. The van der Waals surface area contributed by atoms with Crippen molar-refractivity contribution in [3.8, 4) is 33.4 Å². The molecule has 0 N–H and O–H groups in total. The summed E-state index contributed by atoms with van der Waals surface area (Å²) < 4.78 is 0. The molecule has 0 atom stereocenters. The van der Waals surface area contributed by atoms with Crippen molar-refractivity contribution < 1.29 is 0 Å². The first-order valence-corrected chi connectivity index (χ1v) is 31.8. The van der Waals surface area contributed by atoms with Crippen LogP contribution < -0.4 is 0 Å². The Balaban J connectivity index is 1.00. The van der Waals surface area contributed by atoms with E-state index in [4.69, 9.17) is 0 Å². The Morgan fingerprint density at radius 1 is 0.122 bits per heavy atom. The van der Waals surface area contributed by atoms with Gasteiger partial charge >= 0.3 is 0 Å². The predicted octanol–water partition coefficient (Wildman–Crippen LogP) is 22.6. The van der Waals surface area contributed by atoms with Crippen molar-refractivity contribution in [2.24, 2.45) is 0 Å². The van der Waals surface area contributed by atoms with Crippen LogP contribution in [0.5, 0.6) is 0 Å². The van der Waals surface area contributed by atoms with Crippen LogP contribution in [0.3, 0.4) is 0 Å². The standard InChI is InChI=1S/C90H78/c1-61-10-34-76(35-11-61)88(77-36-12-62(2)13-37-77,78-38-14-63(3)15-39-78)85-52-28-70(29-53-85)73-58-74(71-30-54-86(55-31-71)89(79-40-16-64(4)17-41-79,80-42-18-65(5)19-43-80)81-44-20-66(6)21-45-81)60-75(59-73)72-32-56-87(57-33-72)90(82-46-22-67(7)23-47-82,83-48-24-68(8)25-49-83)84-50-26-69(9)27-51-84/h10-60H,1-9H3. The summed E-state index contributed by atoms with van der Waals surface area (Å²) in [6.45, 7) is 19.6. The molecule has 0 heteroatoms. The Morgan fingerprint density at radius 3 is 0.333 bits per heavy atom. The monoisotopic (exact) mass is 1160 g/mol.